The zero-order valence-electron chi connectivity index (χ0n) is 12.9. The van der Waals surface area contributed by atoms with E-state index >= 15 is 0 Å². The lowest BCUT2D eigenvalue weighted by atomic mass is 10.1. The molecule has 1 aromatic rings. The van der Waals surface area contributed by atoms with Gasteiger partial charge in [0.2, 0.25) is 0 Å². The first-order valence-electron chi connectivity index (χ1n) is 7.66. The van der Waals surface area contributed by atoms with Crippen molar-refractivity contribution in [1.29, 1.82) is 0 Å². The number of ether oxygens (including phenoxy) is 2. The molecular formula is C16H25FN2O2. The summed E-state index contributed by atoms with van der Waals surface area (Å²) >= 11 is 0. The summed E-state index contributed by atoms with van der Waals surface area (Å²) in [7, 11) is 0. The van der Waals surface area contributed by atoms with Crippen molar-refractivity contribution in [3.8, 4) is 5.75 Å². The molecule has 5 heteroatoms. The molecule has 1 atom stereocenters. The maximum atomic E-state index is 14.0. The van der Waals surface area contributed by atoms with Crippen LogP contribution in [0.4, 0.5) is 4.39 Å². The van der Waals surface area contributed by atoms with Gasteiger partial charge in [0.1, 0.15) is 6.61 Å². The molecule has 0 aromatic heterocycles. The van der Waals surface area contributed by atoms with E-state index in [4.69, 9.17) is 9.47 Å². The van der Waals surface area contributed by atoms with Crippen molar-refractivity contribution < 1.29 is 13.9 Å². The van der Waals surface area contributed by atoms with E-state index in [1.165, 1.54) is 0 Å². The van der Waals surface area contributed by atoms with Gasteiger partial charge in [-0.05, 0) is 31.2 Å². The van der Waals surface area contributed by atoms with E-state index < -0.39 is 0 Å². The zero-order valence-corrected chi connectivity index (χ0v) is 12.9. The Morgan fingerprint density at radius 3 is 2.81 bits per heavy atom. The van der Waals surface area contributed by atoms with Gasteiger partial charge in [-0.3, -0.25) is 4.90 Å². The SMILES string of the molecule is CCNC(C)c1ccc(OCCN2CCOCC2)c(F)c1. The van der Waals surface area contributed by atoms with Gasteiger partial charge < -0.3 is 14.8 Å². The molecule has 1 aliphatic heterocycles. The maximum absolute atomic E-state index is 14.0. The monoisotopic (exact) mass is 296 g/mol. The van der Waals surface area contributed by atoms with Crippen LogP contribution >= 0.6 is 0 Å². The minimum absolute atomic E-state index is 0.145. The van der Waals surface area contributed by atoms with Gasteiger partial charge in [0.25, 0.3) is 0 Å². The summed E-state index contributed by atoms with van der Waals surface area (Å²) in [6.45, 7) is 9.61. The van der Waals surface area contributed by atoms with Gasteiger partial charge >= 0.3 is 0 Å². The Balaban J connectivity index is 1.82. The minimum atomic E-state index is -0.292. The zero-order chi connectivity index (χ0) is 15.1. The molecule has 1 aliphatic rings. The predicted molar refractivity (Wildman–Crippen MR) is 81.2 cm³/mol. The van der Waals surface area contributed by atoms with Crippen LogP contribution in [0.25, 0.3) is 0 Å². The number of benzene rings is 1. The third kappa shape index (κ3) is 4.95. The smallest absolute Gasteiger partial charge is 0.165 e. The van der Waals surface area contributed by atoms with Gasteiger partial charge in [0, 0.05) is 25.7 Å². The number of nitrogens with zero attached hydrogens (tertiary/aromatic N) is 1. The van der Waals surface area contributed by atoms with Crippen LogP contribution < -0.4 is 10.1 Å². The first-order valence-corrected chi connectivity index (χ1v) is 7.66. The van der Waals surface area contributed by atoms with Crippen molar-refractivity contribution in [2.24, 2.45) is 0 Å². The van der Waals surface area contributed by atoms with Gasteiger partial charge in [-0.25, -0.2) is 4.39 Å². The summed E-state index contributed by atoms with van der Waals surface area (Å²) in [5.41, 5.74) is 0.940. The van der Waals surface area contributed by atoms with Crippen molar-refractivity contribution in [2.45, 2.75) is 19.9 Å². The van der Waals surface area contributed by atoms with Crippen molar-refractivity contribution in [2.75, 3.05) is 46.0 Å². The van der Waals surface area contributed by atoms with Crippen LogP contribution in [0.5, 0.6) is 5.75 Å². The average Bonchev–Trinajstić information content (AvgIpc) is 2.50. The van der Waals surface area contributed by atoms with E-state index in [-0.39, 0.29) is 11.9 Å². The number of hydrogen-bond donors (Lipinski definition) is 1. The van der Waals surface area contributed by atoms with E-state index in [2.05, 4.69) is 10.2 Å². The summed E-state index contributed by atoms with van der Waals surface area (Å²) in [6.07, 6.45) is 0. The first-order chi connectivity index (χ1) is 10.2. The number of rotatable bonds is 7. The van der Waals surface area contributed by atoms with Gasteiger partial charge in [0.05, 0.1) is 13.2 Å². The number of nitrogens with one attached hydrogen (secondary N) is 1. The second-order valence-corrected chi connectivity index (χ2v) is 5.27. The summed E-state index contributed by atoms with van der Waals surface area (Å²) in [5, 5.41) is 3.27. The van der Waals surface area contributed by atoms with Crippen molar-refractivity contribution in [3.05, 3.63) is 29.6 Å². The maximum Gasteiger partial charge on any atom is 0.165 e. The summed E-state index contributed by atoms with van der Waals surface area (Å²) in [4.78, 5) is 2.27. The fourth-order valence-corrected chi connectivity index (χ4v) is 2.44. The minimum Gasteiger partial charge on any atom is -0.489 e. The first kappa shape index (κ1) is 16.2. The van der Waals surface area contributed by atoms with Crippen LogP contribution in [0.15, 0.2) is 18.2 Å². The van der Waals surface area contributed by atoms with Crippen molar-refractivity contribution >= 4 is 0 Å². The third-order valence-electron chi connectivity index (χ3n) is 3.74. The van der Waals surface area contributed by atoms with Gasteiger partial charge in [0.15, 0.2) is 11.6 Å². The van der Waals surface area contributed by atoms with Crippen LogP contribution in [0.1, 0.15) is 25.5 Å². The van der Waals surface area contributed by atoms with Gasteiger partial charge in [-0.1, -0.05) is 13.0 Å². The molecular weight excluding hydrogens is 271 g/mol. The quantitative estimate of drug-likeness (QED) is 0.836. The lowest BCUT2D eigenvalue weighted by Crippen LogP contribution is -2.38. The molecule has 0 bridgehead atoms. The Morgan fingerprint density at radius 2 is 2.14 bits per heavy atom. The van der Waals surface area contributed by atoms with Crippen LogP contribution in [-0.4, -0.2) is 50.9 Å². The molecule has 4 nitrogen and oxygen atoms in total. The summed E-state index contributed by atoms with van der Waals surface area (Å²) in [6, 6.07) is 5.34. The Bertz CT molecular complexity index is 436. The Labute approximate surface area is 126 Å². The highest BCUT2D eigenvalue weighted by Gasteiger charge is 2.12. The highest BCUT2D eigenvalue weighted by molar-refractivity contribution is 5.30. The van der Waals surface area contributed by atoms with Crippen LogP contribution in [0, 0.1) is 5.82 Å². The highest BCUT2D eigenvalue weighted by Crippen LogP contribution is 2.22. The van der Waals surface area contributed by atoms with E-state index in [0.717, 1.165) is 45.0 Å². The highest BCUT2D eigenvalue weighted by atomic mass is 19.1. The standard InChI is InChI=1S/C16H25FN2O2/c1-3-18-13(2)14-4-5-16(15(17)12-14)21-11-8-19-6-9-20-10-7-19/h4-5,12-13,18H,3,6-11H2,1-2H3. The Kier molecular flexibility index (Phi) is 6.42. The van der Waals surface area contributed by atoms with Crippen molar-refractivity contribution in [1.82, 2.24) is 10.2 Å². The Morgan fingerprint density at radius 1 is 1.38 bits per heavy atom. The molecule has 1 fully saturated rings. The molecule has 0 saturated carbocycles. The molecule has 1 heterocycles. The van der Waals surface area contributed by atoms with Gasteiger partial charge in [-0.15, -0.1) is 0 Å². The second kappa shape index (κ2) is 8.32. The molecule has 0 aliphatic carbocycles. The largest absolute Gasteiger partial charge is 0.489 e. The average molecular weight is 296 g/mol. The normalized spacial score (nSPS) is 17.7. The third-order valence-corrected chi connectivity index (χ3v) is 3.74. The van der Waals surface area contributed by atoms with Crippen molar-refractivity contribution in [3.63, 3.8) is 0 Å². The molecule has 118 valence electrons. The molecule has 1 saturated heterocycles. The topological polar surface area (TPSA) is 33.7 Å². The number of halogens is 1. The fraction of sp³-hybridized carbons (Fsp3) is 0.625. The summed E-state index contributed by atoms with van der Waals surface area (Å²) in [5.74, 6) is 0.0370. The predicted octanol–water partition coefficient (Wildman–Crippen LogP) is 2.21. The molecule has 0 amide bonds. The molecule has 1 unspecified atom stereocenters. The van der Waals surface area contributed by atoms with E-state index in [9.17, 15) is 4.39 Å². The molecule has 2 rings (SSSR count). The van der Waals surface area contributed by atoms with E-state index in [1.807, 2.05) is 19.9 Å². The Hall–Kier alpha value is -1.17. The number of hydrogen-bond acceptors (Lipinski definition) is 4. The number of morpholine rings is 1. The van der Waals surface area contributed by atoms with Crippen LogP contribution in [0.3, 0.4) is 0 Å². The summed E-state index contributed by atoms with van der Waals surface area (Å²) < 4.78 is 24.9. The molecule has 0 spiro atoms. The molecule has 1 aromatic carbocycles. The van der Waals surface area contributed by atoms with E-state index in [1.54, 1.807) is 12.1 Å². The van der Waals surface area contributed by atoms with Gasteiger partial charge in [-0.2, -0.15) is 0 Å². The lowest BCUT2D eigenvalue weighted by Gasteiger charge is -2.26. The van der Waals surface area contributed by atoms with E-state index in [0.29, 0.717) is 12.4 Å². The lowest BCUT2D eigenvalue weighted by molar-refractivity contribution is 0.0320. The fourth-order valence-electron chi connectivity index (χ4n) is 2.44. The molecule has 0 radical (unpaired) electrons. The molecule has 1 N–H and O–H groups in total. The second-order valence-electron chi connectivity index (χ2n) is 5.27. The molecule has 21 heavy (non-hydrogen) atoms. The van der Waals surface area contributed by atoms with Crippen LogP contribution in [-0.2, 0) is 4.74 Å². The van der Waals surface area contributed by atoms with Crippen LogP contribution in [0.2, 0.25) is 0 Å².